The summed E-state index contributed by atoms with van der Waals surface area (Å²) in [7, 11) is 3.20. The summed E-state index contributed by atoms with van der Waals surface area (Å²) in [4.78, 5) is 42.9. The third kappa shape index (κ3) is 3.13. The molecule has 1 fully saturated rings. The Morgan fingerprint density at radius 2 is 1.82 bits per heavy atom. The number of methoxy groups -OCH3 is 1. The summed E-state index contributed by atoms with van der Waals surface area (Å²) in [6.07, 6.45) is -0.623. The lowest BCUT2D eigenvalue weighted by Gasteiger charge is -2.60. The molecule has 0 saturated carbocycles. The van der Waals surface area contributed by atoms with Gasteiger partial charge in [-0.25, -0.2) is 0 Å². The Balaban J connectivity index is 1.57. The number of esters is 1. The van der Waals surface area contributed by atoms with Crippen LogP contribution in [0, 0.1) is 6.92 Å². The number of benzene rings is 1. The van der Waals surface area contributed by atoms with Crippen LogP contribution < -0.4 is 14.2 Å². The van der Waals surface area contributed by atoms with Crippen LogP contribution in [0.5, 0.6) is 17.2 Å². The van der Waals surface area contributed by atoms with Gasteiger partial charge in [-0.1, -0.05) is 0 Å². The van der Waals surface area contributed by atoms with Gasteiger partial charge in [0.15, 0.2) is 23.0 Å². The average Bonchev–Trinajstić information content (AvgIpc) is 3.37. The Labute approximate surface area is 219 Å². The van der Waals surface area contributed by atoms with Gasteiger partial charge in [0, 0.05) is 46.4 Å². The number of hydrogen-bond acceptors (Lipinski definition) is 11. The molecule has 4 aliphatic heterocycles. The maximum Gasteiger partial charge on any atom is 0.308 e. The van der Waals surface area contributed by atoms with Crippen LogP contribution in [0.1, 0.15) is 43.0 Å². The molecule has 5 atom stereocenters. The molecule has 0 aromatic heterocycles. The maximum atomic E-state index is 13.7. The summed E-state index contributed by atoms with van der Waals surface area (Å²) in [5, 5.41) is 22.4. The van der Waals surface area contributed by atoms with Crippen LogP contribution in [-0.2, 0) is 25.5 Å². The molecule has 0 unspecified atom stereocenters. The normalized spacial score (nSPS) is 30.2. The zero-order valence-electron chi connectivity index (χ0n) is 21.9. The molecule has 0 radical (unpaired) electrons. The van der Waals surface area contributed by atoms with E-state index in [0.717, 1.165) is 0 Å². The van der Waals surface area contributed by atoms with Gasteiger partial charge in [0.2, 0.25) is 12.6 Å². The van der Waals surface area contributed by atoms with Crippen molar-refractivity contribution in [3.05, 3.63) is 39.2 Å². The predicted octanol–water partition coefficient (Wildman–Crippen LogP) is 0.683. The number of nitrogens with zero attached hydrogens (tertiary/aromatic N) is 2. The Morgan fingerprint density at radius 1 is 1.11 bits per heavy atom. The molecule has 0 spiro atoms. The molecule has 1 aliphatic carbocycles. The Morgan fingerprint density at radius 3 is 2.47 bits per heavy atom. The van der Waals surface area contributed by atoms with E-state index < -0.39 is 36.4 Å². The van der Waals surface area contributed by atoms with Gasteiger partial charge in [-0.15, -0.1) is 0 Å². The van der Waals surface area contributed by atoms with Gasteiger partial charge >= 0.3 is 5.97 Å². The summed E-state index contributed by atoms with van der Waals surface area (Å²) in [5.41, 5.74) is 2.83. The largest absolute Gasteiger partial charge is 0.492 e. The van der Waals surface area contributed by atoms with Crippen molar-refractivity contribution in [3.63, 3.8) is 0 Å². The SMILES string of the molecule is COC1=C(C)C(=O)C2=C(C1=O)[C@@H]1[C@@H]3Cc4c(OC(C)=O)c(C)c5c(c4[C@H](CO)N3[C@@H](O)[C@H](C2)N1C)OCO5. The number of aliphatic hydroxyl groups is 2. The minimum atomic E-state index is -1.06. The Bertz CT molecular complexity index is 1360. The van der Waals surface area contributed by atoms with Gasteiger partial charge < -0.3 is 29.2 Å². The number of rotatable bonds is 3. The van der Waals surface area contributed by atoms with Crippen LogP contribution in [0.15, 0.2) is 22.5 Å². The zero-order valence-corrected chi connectivity index (χ0v) is 21.9. The Hall–Kier alpha value is -3.25. The van der Waals surface area contributed by atoms with Gasteiger partial charge in [0.05, 0.1) is 31.8 Å². The fourth-order valence-electron chi connectivity index (χ4n) is 7.10. The molecule has 11 nitrogen and oxygen atoms in total. The van der Waals surface area contributed by atoms with Crippen LogP contribution >= 0.6 is 0 Å². The van der Waals surface area contributed by atoms with Crippen molar-refractivity contribution < 1.29 is 43.5 Å². The molecular weight excluding hydrogens is 496 g/mol. The van der Waals surface area contributed by atoms with Crippen molar-refractivity contribution in [2.24, 2.45) is 0 Å². The number of Topliss-reactive ketones (excluding diaryl/α,β-unsaturated/α-hetero) is 2. The number of ketones is 2. The van der Waals surface area contributed by atoms with Crippen molar-refractivity contribution in [2.75, 3.05) is 27.6 Å². The van der Waals surface area contributed by atoms with Gasteiger partial charge in [0.1, 0.15) is 12.0 Å². The third-order valence-corrected chi connectivity index (χ3v) is 8.67. The molecule has 38 heavy (non-hydrogen) atoms. The highest BCUT2D eigenvalue weighted by Gasteiger charge is 2.58. The fraction of sp³-hybridized carbons (Fsp3) is 0.519. The van der Waals surface area contributed by atoms with Gasteiger partial charge in [-0.05, 0) is 33.7 Å². The van der Waals surface area contributed by atoms with Crippen LogP contribution in [0.2, 0.25) is 0 Å². The lowest BCUT2D eigenvalue weighted by molar-refractivity contribution is -0.171. The number of carbonyl (C=O) groups excluding carboxylic acids is 3. The van der Waals surface area contributed by atoms with E-state index in [1.54, 1.807) is 13.8 Å². The van der Waals surface area contributed by atoms with Gasteiger partial charge in [-0.2, -0.15) is 0 Å². The molecule has 4 heterocycles. The first-order chi connectivity index (χ1) is 18.1. The quantitative estimate of drug-likeness (QED) is 0.327. The number of fused-ring (bicyclic) bond motifs is 8. The van der Waals surface area contributed by atoms with Crippen molar-refractivity contribution in [2.45, 2.75) is 64.0 Å². The Kier molecular flexibility index (Phi) is 5.69. The van der Waals surface area contributed by atoms with Gasteiger partial charge in [0.25, 0.3) is 0 Å². The van der Waals surface area contributed by atoms with Crippen molar-refractivity contribution in [3.8, 4) is 17.2 Å². The number of carbonyl (C=O) groups is 3. The summed E-state index contributed by atoms with van der Waals surface area (Å²) >= 11 is 0. The molecule has 5 aliphatic rings. The van der Waals surface area contributed by atoms with E-state index in [-0.39, 0.29) is 49.1 Å². The average molecular weight is 527 g/mol. The molecule has 1 aromatic carbocycles. The monoisotopic (exact) mass is 526 g/mol. The van der Waals surface area contributed by atoms with E-state index in [0.29, 0.717) is 45.1 Å². The molecule has 0 amide bonds. The fourth-order valence-corrected chi connectivity index (χ4v) is 7.10. The van der Waals surface area contributed by atoms with Crippen molar-refractivity contribution in [1.82, 2.24) is 9.80 Å². The van der Waals surface area contributed by atoms with Gasteiger partial charge in [-0.3, -0.25) is 24.2 Å². The highest BCUT2D eigenvalue weighted by atomic mass is 16.7. The first kappa shape index (κ1) is 25.1. The minimum Gasteiger partial charge on any atom is -0.492 e. The highest BCUT2D eigenvalue weighted by Crippen LogP contribution is 2.55. The van der Waals surface area contributed by atoms with E-state index in [1.165, 1.54) is 14.0 Å². The smallest absolute Gasteiger partial charge is 0.308 e. The number of ether oxygens (including phenoxy) is 4. The molecule has 202 valence electrons. The molecule has 1 saturated heterocycles. The second-order valence-electron chi connectivity index (χ2n) is 10.4. The molecule has 2 bridgehead atoms. The number of hydrogen-bond donors (Lipinski definition) is 2. The highest BCUT2D eigenvalue weighted by molar-refractivity contribution is 6.25. The molecule has 11 heteroatoms. The number of likely N-dealkylation sites (N-methyl/N-ethyl adjacent to an activating group) is 1. The van der Waals surface area contributed by atoms with E-state index >= 15 is 0 Å². The van der Waals surface area contributed by atoms with Crippen LogP contribution in [-0.4, -0.2) is 89.5 Å². The zero-order chi connectivity index (χ0) is 27.2. The molecule has 1 aromatic rings. The molecule has 2 N–H and O–H groups in total. The second kappa shape index (κ2) is 8.63. The molecular formula is C27H30N2O9. The van der Waals surface area contributed by atoms with E-state index in [4.69, 9.17) is 18.9 Å². The summed E-state index contributed by atoms with van der Waals surface area (Å²) in [6.45, 7) is 4.26. The van der Waals surface area contributed by atoms with E-state index in [2.05, 4.69) is 0 Å². The predicted molar refractivity (Wildman–Crippen MR) is 130 cm³/mol. The standard InChI is InChI=1S/C27H30N2O9/c1-10-21(32)13-6-16-27(34)29-15(20(28(16)4)19(13)22(33)24(10)35-5)7-14-18(17(29)8-30)26-25(36-9-37-26)11(2)23(14)38-12(3)31/h15-17,20,27,30,34H,6-9H2,1-5H3/t15-,16-,17-,20-,27-/m0/s1. The van der Waals surface area contributed by atoms with Crippen molar-refractivity contribution in [1.29, 1.82) is 0 Å². The first-order valence-corrected chi connectivity index (χ1v) is 12.6. The number of piperazine rings is 1. The minimum absolute atomic E-state index is 0.0213. The van der Waals surface area contributed by atoms with E-state index in [9.17, 15) is 24.6 Å². The summed E-state index contributed by atoms with van der Waals surface area (Å²) in [6, 6.07) is -2.36. The summed E-state index contributed by atoms with van der Waals surface area (Å²) < 4.78 is 22.6. The van der Waals surface area contributed by atoms with Crippen LogP contribution in [0.3, 0.4) is 0 Å². The lowest BCUT2D eigenvalue weighted by atomic mass is 9.70. The second-order valence-corrected chi connectivity index (χ2v) is 10.4. The van der Waals surface area contributed by atoms with Crippen LogP contribution in [0.25, 0.3) is 0 Å². The van der Waals surface area contributed by atoms with E-state index in [1.807, 2.05) is 16.8 Å². The maximum absolute atomic E-state index is 13.7. The molecule has 6 rings (SSSR count). The van der Waals surface area contributed by atoms with Crippen molar-refractivity contribution >= 4 is 17.5 Å². The third-order valence-electron chi connectivity index (χ3n) is 8.67. The first-order valence-electron chi connectivity index (χ1n) is 12.6. The number of aliphatic hydroxyl groups excluding tert-OH is 2. The topological polar surface area (TPSA) is 135 Å². The number of allylic oxidation sites excluding steroid dienone is 2. The summed E-state index contributed by atoms with van der Waals surface area (Å²) in [5.74, 6) is 0.107. The van der Waals surface area contributed by atoms with Crippen LogP contribution in [0.4, 0.5) is 0 Å². The lowest BCUT2D eigenvalue weighted by Crippen LogP contribution is -2.72.